The quantitative estimate of drug-likeness (QED) is 0.447. The van der Waals surface area contributed by atoms with Crippen molar-refractivity contribution in [1.82, 2.24) is 14.1 Å². The van der Waals surface area contributed by atoms with E-state index >= 15 is 0 Å². The lowest BCUT2D eigenvalue weighted by Crippen LogP contribution is -2.21. The molecular formula is C25H21N3O. The highest BCUT2D eigenvalue weighted by Gasteiger charge is 2.11. The molecule has 0 aliphatic rings. The second kappa shape index (κ2) is 6.74. The van der Waals surface area contributed by atoms with Crippen molar-refractivity contribution in [2.24, 2.45) is 7.05 Å². The molecule has 0 amide bonds. The van der Waals surface area contributed by atoms with Gasteiger partial charge in [-0.05, 0) is 42.1 Å². The second-order valence-corrected chi connectivity index (χ2v) is 7.52. The first-order valence-electron chi connectivity index (χ1n) is 9.69. The Labute approximate surface area is 168 Å². The molecule has 0 unspecified atom stereocenters. The number of hydrogen-bond donors (Lipinski definition) is 0. The summed E-state index contributed by atoms with van der Waals surface area (Å²) in [6.45, 7) is 2.62. The van der Waals surface area contributed by atoms with Crippen LogP contribution in [0.4, 0.5) is 0 Å². The monoisotopic (exact) mass is 379 g/mol. The van der Waals surface area contributed by atoms with E-state index in [1.165, 1.54) is 16.5 Å². The highest BCUT2D eigenvalue weighted by molar-refractivity contribution is 5.95. The Kier molecular flexibility index (Phi) is 4.06. The number of benzene rings is 2. The van der Waals surface area contributed by atoms with Crippen molar-refractivity contribution in [2.75, 3.05) is 0 Å². The number of aromatic nitrogens is 3. The van der Waals surface area contributed by atoms with Crippen molar-refractivity contribution in [3.8, 4) is 11.1 Å². The summed E-state index contributed by atoms with van der Waals surface area (Å²) in [4.78, 5) is 17.6. The summed E-state index contributed by atoms with van der Waals surface area (Å²) in [6.07, 6.45) is 5.39. The van der Waals surface area contributed by atoms with E-state index in [1.54, 1.807) is 10.8 Å². The Hall–Kier alpha value is -3.66. The van der Waals surface area contributed by atoms with Crippen molar-refractivity contribution in [3.63, 3.8) is 0 Å². The van der Waals surface area contributed by atoms with Crippen LogP contribution >= 0.6 is 0 Å². The Morgan fingerprint density at radius 3 is 2.59 bits per heavy atom. The minimum atomic E-state index is -0.0192. The van der Waals surface area contributed by atoms with Gasteiger partial charge in [-0.3, -0.25) is 9.78 Å². The van der Waals surface area contributed by atoms with Crippen LogP contribution in [-0.4, -0.2) is 14.1 Å². The molecule has 0 aliphatic carbocycles. The maximum atomic E-state index is 13.2. The van der Waals surface area contributed by atoms with Crippen LogP contribution in [0.5, 0.6) is 0 Å². The number of aryl methyl sites for hydroxylation is 2. The number of fused-ring (bicyclic) bond motifs is 2. The van der Waals surface area contributed by atoms with Crippen LogP contribution in [0, 0.1) is 6.92 Å². The van der Waals surface area contributed by atoms with Crippen LogP contribution in [0.2, 0.25) is 0 Å². The van der Waals surface area contributed by atoms with Crippen molar-refractivity contribution >= 4 is 21.7 Å². The molecule has 0 saturated heterocycles. The zero-order chi connectivity index (χ0) is 20.0. The summed E-state index contributed by atoms with van der Waals surface area (Å²) in [5.41, 5.74) is 5.53. The largest absolute Gasteiger partial charge is 0.346 e. The summed E-state index contributed by atoms with van der Waals surface area (Å²) >= 11 is 0. The predicted molar refractivity (Wildman–Crippen MR) is 118 cm³/mol. The smallest absolute Gasteiger partial charge is 0.260 e. The molecule has 29 heavy (non-hydrogen) atoms. The molecule has 3 aromatic heterocycles. The number of rotatable bonds is 3. The van der Waals surface area contributed by atoms with Gasteiger partial charge in [-0.25, -0.2) is 0 Å². The zero-order valence-electron chi connectivity index (χ0n) is 16.5. The van der Waals surface area contributed by atoms with Crippen LogP contribution in [0.15, 0.2) is 84.0 Å². The Balaban J connectivity index is 1.61. The van der Waals surface area contributed by atoms with Crippen LogP contribution in [-0.2, 0) is 13.6 Å². The summed E-state index contributed by atoms with van der Waals surface area (Å²) in [7, 11) is 2.05. The van der Waals surface area contributed by atoms with Gasteiger partial charge in [0.05, 0.1) is 11.9 Å². The van der Waals surface area contributed by atoms with Crippen LogP contribution in [0.3, 0.4) is 0 Å². The van der Waals surface area contributed by atoms with Crippen molar-refractivity contribution in [2.45, 2.75) is 13.5 Å². The predicted octanol–water partition coefficient (Wildman–Crippen LogP) is 4.91. The minimum absolute atomic E-state index is 0.0192. The standard InChI is InChI=1S/C25H21N3O/c1-17-8-9-24-19(12-17)13-20(27(24)2)16-28-11-10-21-22(18-6-4-3-5-7-18)14-26-15-23(21)25(28)29/h3-15H,16H2,1-2H3. The maximum absolute atomic E-state index is 13.2. The van der Waals surface area contributed by atoms with Crippen LogP contribution in [0.25, 0.3) is 32.8 Å². The van der Waals surface area contributed by atoms with E-state index in [1.807, 2.05) is 55.8 Å². The molecule has 0 spiro atoms. The molecule has 142 valence electrons. The van der Waals surface area contributed by atoms with Gasteiger partial charge in [-0.2, -0.15) is 0 Å². The van der Waals surface area contributed by atoms with Crippen molar-refractivity contribution in [1.29, 1.82) is 0 Å². The van der Waals surface area contributed by atoms with Crippen LogP contribution < -0.4 is 5.56 Å². The zero-order valence-corrected chi connectivity index (χ0v) is 16.5. The van der Waals surface area contributed by atoms with Crippen molar-refractivity contribution in [3.05, 3.63) is 101 Å². The van der Waals surface area contributed by atoms with E-state index in [0.29, 0.717) is 11.9 Å². The van der Waals surface area contributed by atoms with E-state index < -0.39 is 0 Å². The SMILES string of the molecule is Cc1ccc2c(c1)cc(Cn1ccc3c(-c4ccccc4)cncc3c1=O)n2C. The van der Waals surface area contributed by atoms with E-state index in [-0.39, 0.29) is 5.56 Å². The maximum Gasteiger partial charge on any atom is 0.260 e. The minimum Gasteiger partial charge on any atom is -0.346 e. The second-order valence-electron chi connectivity index (χ2n) is 7.52. The van der Waals surface area contributed by atoms with Gasteiger partial charge < -0.3 is 9.13 Å². The third-order valence-electron chi connectivity index (χ3n) is 5.61. The Bertz CT molecular complexity index is 1410. The molecule has 4 nitrogen and oxygen atoms in total. The Morgan fingerprint density at radius 2 is 1.76 bits per heavy atom. The van der Waals surface area contributed by atoms with E-state index in [0.717, 1.165) is 22.2 Å². The average Bonchev–Trinajstić information content (AvgIpc) is 3.05. The molecule has 4 heteroatoms. The molecular weight excluding hydrogens is 358 g/mol. The first-order chi connectivity index (χ1) is 14.1. The molecule has 0 N–H and O–H groups in total. The summed E-state index contributed by atoms with van der Waals surface area (Å²) < 4.78 is 3.92. The fraction of sp³-hybridized carbons (Fsp3) is 0.120. The van der Waals surface area contributed by atoms with Gasteiger partial charge >= 0.3 is 0 Å². The first kappa shape index (κ1) is 17.4. The molecule has 2 aromatic carbocycles. The van der Waals surface area contributed by atoms with Gasteiger partial charge in [0, 0.05) is 47.8 Å². The molecule has 3 heterocycles. The number of pyridine rings is 2. The van der Waals surface area contributed by atoms with Crippen molar-refractivity contribution < 1.29 is 0 Å². The topological polar surface area (TPSA) is 39.8 Å². The van der Waals surface area contributed by atoms with Gasteiger partial charge in [-0.1, -0.05) is 42.0 Å². The van der Waals surface area contributed by atoms with Gasteiger partial charge in [0.15, 0.2) is 0 Å². The molecule has 5 rings (SSSR count). The number of nitrogens with zero attached hydrogens (tertiary/aromatic N) is 3. The fourth-order valence-corrected chi connectivity index (χ4v) is 4.03. The third kappa shape index (κ3) is 2.93. The van der Waals surface area contributed by atoms with Crippen LogP contribution in [0.1, 0.15) is 11.3 Å². The molecule has 0 saturated carbocycles. The van der Waals surface area contributed by atoms with Gasteiger partial charge in [0.1, 0.15) is 0 Å². The van der Waals surface area contributed by atoms with Gasteiger partial charge in [-0.15, -0.1) is 0 Å². The highest BCUT2D eigenvalue weighted by atomic mass is 16.1. The van der Waals surface area contributed by atoms with Gasteiger partial charge in [0.25, 0.3) is 5.56 Å². The third-order valence-corrected chi connectivity index (χ3v) is 5.61. The van der Waals surface area contributed by atoms with E-state index in [9.17, 15) is 4.79 Å². The first-order valence-corrected chi connectivity index (χ1v) is 9.69. The summed E-state index contributed by atoms with van der Waals surface area (Å²) in [5, 5.41) is 2.77. The normalized spacial score (nSPS) is 11.4. The molecule has 0 atom stereocenters. The number of hydrogen-bond acceptors (Lipinski definition) is 2. The molecule has 5 aromatic rings. The summed E-state index contributed by atoms with van der Waals surface area (Å²) in [5.74, 6) is 0. The molecule has 0 fully saturated rings. The van der Waals surface area contributed by atoms with E-state index in [4.69, 9.17) is 0 Å². The lowest BCUT2D eigenvalue weighted by atomic mass is 10.0. The molecule has 0 radical (unpaired) electrons. The molecule has 0 aliphatic heterocycles. The summed E-state index contributed by atoms with van der Waals surface area (Å²) in [6, 6.07) is 20.7. The average molecular weight is 379 g/mol. The Morgan fingerprint density at radius 1 is 0.931 bits per heavy atom. The molecule has 0 bridgehead atoms. The van der Waals surface area contributed by atoms with E-state index in [2.05, 4.69) is 40.7 Å². The lowest BCUT2D eigenvalue weighted by molar-refractivity contribution is 0.713. The lowest BCUT2D eigenvalue weighted by Gasteiger charge is -2.11. The highest BCUT2D eigenvalue weighted by Crippen LogP contribution is 2.26. The fourth-order valence-electron chi connectivity index (χ4n) is 4.03. The van der Waals surface area contributed by atoms with Gasteiger partial charge in [0.2, 0.25) is 0 Å².